The normalized spacial score (nSPS) is 13.5. The summed E-state index contributed by atoms with van der Waals surface area (Å²) in [4.78, 5) is 35.6. The second-order valence-corrected chi connectivity index (χ2v) is 5.90. The predicted octanol–water partition coefficient (Wildman–Crippen LogP) is 2.88. The number of halogens is 1. The number of benzene rings is 2. The molecule has 2 amide bonds. The van der Waals surface area contributed by atoms with Gasteiger partial charge in [0.15, 0.2) is 6.61 Å². The predicted molar refractivity (Wildman–Crippen MR) is 95.2 cm³/mol. The molecule has 2 aromatic rings. The average Bonchev–Trinajstić information content (AvgIpc) is 3.06. The summed E-state index contributed by atoms with van der Waals surface area (Å²) in [6.45, 7) is 0.154. The van der Waals surface area contributed by atoms with E-state index in [1.165, 1.54) is 0 Å². The summed E-state index contributed by atoms with van der Waals surface area (Å²) in [5.74, 6) is -1.52. The van der Waals surface area contributed by atoms with Crippen molar-refractivity contribution < 1.29 is 23.6 Å². The number of amides is 2. The van der Waals surface area contributed by atoms with Crippen LogP contribution in [-0.2, 0) is 9.59 Å². The Bertz CT molecular complexity index is 885. The molecule has 0 spiro atoms. The maximum atomic E-state index is 13.2. The Morgan fingerprint density at radius 2 is 2.00 bits per heavy atom. The third-order valence-electron chi connectivity index (χ3n) is 4.01. The summed E-state index contributed by atoms with van der Waals surface area (Å²) >= 11 is 0. The van der Waals surface area contributed by atoms with E-state index in [9.17, 15) is 24.1 Å². The molecule has 2 aromatic carbocycles. The van der Waals surface area contributed by atoms with E-state index < -0.39 is 28.9 Å². The summed E-state index contributed by atoms with van der Waals surface area (Å²) in [6.07, 6.45) is 1.35. The molecule has 1 aliphatic rings. The molecule has 0 aliphatic carbocycles. The van der Waals surface area contributed by atoms with Crippen LogP contribution in [0, 0.1) is 15.9 Å². The van der Waals surface area contributed by atoms with Crippen LogP contribution in [0.5, 0.6) is 5.75 Å². The van der Waals surface area contributed by atoms with Crippen LogP contribution in [0.1, 0.15) is 12.8 Å². The van der Waals surface area contributed by atoms with Crippen molar-refractivity contribution in [1.29, 1.82) is 0 Å². The second kappa shape index (κ2) is 7.81. The molecule has 0 saturated carbocycles. The fourth-order valence-electron chi connectivity index (χ4n) is 2.74. The number of nitrogens with zero attached hydrogens (tertiary/aromatic N) is 2. The standard InChI is InChI=1S/C18H16FN3O5/c19-12-3-8-15(22(25)26)16(10-12)27-11-17(23)20-13-4-6-14(7-5-13)21-9-1-2-18(21)24/h3-8,10H,1-2,9,11H2,(H,20,23). The summed E-state index contributed by atoms with van der Waals surface area (Å²) in [6, 6.07) is 9.49. The fourth-order valence-corrected chi connectivity index (χ4v) is 2.74. The van der Waals surface area contributed by atoms with E-state index in [0.717, 1.165) is 30.3 Å². The van der Waals surface area contributed by atoms with Gasteiger partial charge in [-0.1, -0.05) is 0 Å². The Labute approximate surface area is 153 Å². The zero-order valence-electron chi connectivity index (χ0n) is 14.2. The average molecular weight is 373 g/mol. The van der Waals surface area contributed by atoms with Gasteiger partial charge in [0.25, 0.3) is 5.91 Å². The summed E-state index contributed by atoms with van der Waals surface area (Å²) < 4.78 is 18.3. The van der Waals surface area contributed by atoms with Crippen molar-refractivity contribution >= 4 is 28.9 Å². The van der Waals surface area contributed by atoms with Gasteiger partial charge in [0, 0.05) is 36.5 Å². The highest BCUT2D eigenvalue weighted by atomic mass is 19.1. The summed E-state index contributed by atoms with van der Waals surface area (Å²) in [7, 11) is 0. The van der Waals surface area contributed by atoms with Gasteiger partial charge in [-0.25, -0.2) is 4.39 Å². The molecule has 3 rings (SSSR count). The first kappa shape index (κ1) is 18.3. The zero-order valence-corrected chi connectivity index (χ0v) is 14.2. The number of nitro benzene ring substituents is 1. The van der Waals surface area contributed by atoms with Gasteiger partial charge in [-0.3, -0.25) is 19.7 Å². The third-order valence-corrected chi connectivity index (χ3v) is 4.01. The van der Waals surface area contributed by atoms with Crippen molar-refractivity contribution in [3.05, 3.63) is 58.4 Å². The van der Waals surface area contributed by atoms with Gasteiger partial charge < -0.3 is 15.0 Å². The quantitative estimate of drug-likeness (QED) is 0.620. The number of rotatable bonds is 6. The largest absolute Gasteiger partial charge is 0.477 e. The lowest BCUT2D eigenvalue weighted by atomic mass is 10.2. The van der Waals surface area contributed by atoms with Gasteiger partial charge in [0.2, 0.25) is 11.7 Å². The number of carbonyl (C=O) groups is 2. The Balaban J connectivity index is 1.59. The second-order valence-electron chi connectivity index (χ2n) is 5.90. The van der Waals surface area contributed by atoms with Crippen LogP contribution >= 0.6 is 0 Å². The first-order chi connectivity index (χ1) is 12.9. The molecule has 0 bridgehead atoms. The lowest BCUT2D eigenvalue weighted by Gasteiger charge is -2.16. The van der Waals surface area contributed by atoms with Crippen LogP contribution < -0.4 is 15.0 Å². The van der Waals surface area contributed by atoms with Crippen LogP contribution in [0.25, 0.3) is 0 Å². The van der Waals surface area contributed by atoms with E-state index in [1.54, 1.807) is 29.2 Å². The monoisotopic (exact) mass is 373 g/mol. The highest BCUT2D eigenvalue weighted by molar-refractivity contribution is 5.96. The Morgan fingerprint density at radius 3 is 2.63 bits per heavy atom. The molecule has 0 atom stereocenters. The summed E-state index contributed by atoms with van der Waals surface area (Å²) in [5, 5.41) is 13.5. The molecule has 1 N–H and O–H groups in total. The van der Waals surface area contributed by atoms with E-state index >= 15 is 0 Å². The van der Waals surface area contributed by atoms with Crippen LogP contribution in [0.3, 0.4) is 0 Å². The SMILES string of the molecule is O=C(COc1cc(F)ccc1[N+](=O)[O-])Nc1ccc(N2CCCC2=O)cc1. The van der Waals surface area contributed by atoms with E-state index in [2.05, 4.69) is 5.32 Å². The molecule has 27 heavy (non-hydrogen) atoms. The van der Waals surface area contributed by atoms with E-state index in [4.69, 9.17) is 4.74 Å². The number of nitro groups is 1. The minimum atomic E-state index is -0.717. The van der Waals surface area contributed by atoms with Gasteiger partial charge in [0.05, 0.1) is 4.92 Å². The molecule has 1 heterocycles. The molecule has 0 radical (unpaired) electrons. The topological polar surface area (TPSA) is 102 Å². The van der Waals surface area contributed by atoms with Crippen molar-refractivity contribution in [2.24, 2.45) is 0 Å². The molecule has 8 nitrogen and oxygen atoms in total. The molecule has 1 fully saturated rings. The highest BCUT2D eigenvalue weighted by Gasteiger charge is 2.21. The molecule has 140 valence electrons. The molecule has 0 unspecified atom stereocenters. The van der Waals surface area contributed by atoms with Crippen LogP contribution in [0.4, 0.5) is 21.5 Å². The Hall–Kier alpha value is -3.49. The smallest absolute Gasteiger partial charge is 0.311 e. The van der Waals surface area contributed by atoms with E-state index in [0.29, 0.717) is 18.7 Å². The van der Waals surface area contributed by atoms with Crippen molar-refractivity contribution in [3.8, 4) is 5.75 Å². The van der Waals surface area contributed by atoms with Gasteiger partial charge in [-0.2, -0.15) is 0 Å². The minimum absolute atomic E-state index is 0.0665. The van der Waals surface area contributed by atoms with E-state index in [-0.39, 0.29) is 11.7 Å². The molecule has 1 saturated heterocycles. The van der Waals surface area contributed by atoms with Crippen molar-refractivity contribution in [1.82, 2.24) is 0 Å². The van der Waals surface area contributed by atoms with Crippen molar-refractivity contribution in [2.75, 3.05) is 23.4 Å². The number of carbonyl (C=O) groups excluding carboxylic acids is 2. The van der Waals surface area contributed by atoms with Crippen LogP contribution in [-0.4, -0.2) is 29.9 Å². The lowest BCUT2D eigenvalue weighted by molar-refractivity contribution is -0.385. The van der Waals surface area contributed by atoms with Crippen LogP contribution in [0.2, 0.25) is 0 Å². The maximum absolute atomic E-state index is 13.2. The Morgan fingerprint density at radius 1 is 1.26 bits per heavy atom. The van der Waals surface area contributed by atoms with Crippen molar-refractivity contribution in [2.45, 2.75) is 12.8 Å². The van der Waals surface area contributed by atoms with Gasteiger partial charge in [-0.15, -0.1) is 0 Å². The number of hydrogen-bond acceptors (Lipinski definition) is 5. The minimum Gasteiger partial charge on any atom is -0.477 e. The molecular weight excluding hydrogens is 357 g/mol. The maximum Gasteiger partial charge on any atom is 0.311 e. The number of nitrogens with one attached hydrogen (secondary N) is 1. The zero-order chi connectivity index (χ0) is 19.4. The first-order valence-electron chi connectivity index (χ1n) is 8.21. The molecule has 0 aromatic heterocycles. The molecule has 9 heteroatoms. The Kier molecular flexibility index (Phi) is 5.30. The molecular formula is C18H16FN3O5. The van der Waals surface area contributed by atoms with Crippen LogP contribution in [0.15, 0.2) is 42.5 Å². The lowest BCUT2D eigenvalue weighted by Crippen LogP contribution is -2.23. The number of anilines is 2. The number of hydrogen-bond donors (Lipinski definition) is 1. The highest BCUT2D eigenvalue weighted by Crippen LogP contribution is 2.27. The fraction of sp³-hybridized carbons (Fsp3) is 0.222. The van der Waals surface area contributed by atoms with Crippen molar-refractivity contribution in [3.63, 3.8) is 0 Å². The molecule has 1 aliphatic heterocycles. The van der Waals surface area contributed by atoms with Gasteiger partial charge in [-0.05, 0) is 36.8 Å². The van der Waals surface area contributed by atoms with Gasteiger partial charge in [0.1, 0.15) is 5.82 Å². The third kappa shape index (κ3) is 4.38. The van der Waals surface area contributed by atoms with E-state index in [1.807, 2.05) is 0 Å². The first-order valence-corrected chi connectivity index (χ1v) is 8.21. The number of ether oxygens (including phenoxy) is 1. The van der Waals surface area contributed by atoms with Gasteiger partial charge >= 0.3 is 5.69 Å². The summed E-state index contributed by atoms with van der Waals surface area (Å²) in [5.41, 5.74) is 0.804.